The zero-order valence-electron chi connectivity index (χ0n) is 11.6. The Bertz CT molecular complexity index is 402. The molecule has 1 fully saturated rings. The maximum atomic E-state index is 13.4. The summed E-state index contributed by atoms with van der Waals surface area (Å²) < 4.78 is 26.8. The normalized spacial score (nSPS) is 23.7. The molecule has 1 aromatic rings. The first-order valence-electron chi connectivity index (χ1n) is 7.10. The van der Waals surface area contributed by atoms with Gasteiger partial charge in [-0.05, 0) is 25.0 Å². The smallest absolute Gasteiger partial charge is 0.128 e. The maximum Gasteiger partial charge on any atom is 0.128 e. The van der Waals surface area contributed by atoms with Gasteiger partial charge in [0.05, 0.1) is 0 Å². The van der Waals surface area contributed by atoms with Crippen molar-refractivity contribution < 1.29 is 8.78 Å². The number of rotatable bonds is 4. The quantitative estimate of drug-likeness (QED) is 0.901. The standard InChI is InChI=1S/C15H22F2N2/c1-3-5-13-10-19(14(4-2)9-18-13)15-7-11(16)6-12(17)8-15/h6-8,13-14,18H,3-5,9-10H2,1-2H3. The Hall–Kier alpha value is -1.16. The molecule has 0 spiro atoms. The van der Waals surface area contributed by atoms with Crippen molar-refractivity contribution in [1.82, 2.24) is 5.32 Å². The van der Waals surface area contributed by atoms with Gasteiger partial charge in [-0.25, -0.2) is 8.78 Å². The van der Waals surface area contributed by atoms with E-state index in [1.165, 1.54) is 12.1 Å². The van der Waals surface area contributed by atoms with Crippen LogP contribution < -0.4 is 10.2 Å². The van der Waals surface area contributed by atoms with E-state index in [1.807, 2.05) is 0 Å². The molecule has 106 valence electrons. The van der Waals surface area contributed by atoms with E-state index in [9.17, 15) is 8.78 Å². The van der Waals surface area contributed by atoms with Gasteiger partial charge in [0.2, 0.25) is 0 Å². The highest BCUT2D eigenvalue weighted by Crippen LogP contribution is 2.24. The first-order valence-corrected chi connectivity index (χ1v) is 7.10. The monoisotopic (exact) mass is 268 g/mol. The van der Waals surface area contributed by atoms with Crippen LogP contribution in [-0.2, 0) is 0 Å². The predicted octanol–water partition coefficient (Wildman–Crippen LogP) is 3.32. The van der Waals surface area contributed by atoms with Crippen LogP contribution in [0, 0.1) is 11.6 Å². The van der Waals surface area contributed by atoms with E-state index in [-0.39, 0.29) is 0 Å². The molecular formula is C15H22F2N2. The van der Waals surface area contributed by atoms with Crippen molar-refractivity contribution in [2.75, 3.05) is 18.0 Å². The largest absolute Gasteiger partial charge is 0.366 e. The molecule has 1 saturated heterocycles. The number of nitrogens with one attached hydrogen (secondary N) is 1. The number of anilines is 1. The van der Waals surface area contributed by atoms with Crippen molar-refractivity contribution >= 4 is 5.69 Å². The van der Waals surface area contributed by atoms with Gasteiger partial charge in [0.15, 0.2) is 0 Å². The number of hydrogen-bond donors (Lipinski definition) is 1. The molecule has 1 N–H and O–H groups in total. The van der Waals surface area contributed by atoms with Crippen LogP contribution in [-0.4, -0.2) is 25.2 Å². The molecule has 19 heavy (non-hydrogen) atoms. The molecule has 0 aliphatic carbocycles. The molecule has 1 aliphatic heterocycles. The van der Waals surface area contributed by atoms with Crippen molar-refractivity contribution in [3.8, 4) is 0 Å². The van der Waals surface area contributed by atoms with Gasteiger partial charge in [-0.15, -0.1) is 0 Å². The van der Waals surface area contributed by atoms with Gasteiger partial charge in [0.1, 0.15) is 11.6 Å². The van der Waals surface area contributed by atoms with E-state index in [0.717, 1.165) is 38.4 Å². The van der Waals surface area contributed by atoms with Gasteiger partial charge in [-0.2, -0.15) is 0 Å². The SMILES string of the molecule is CCCC1CN(c2cc(F)cc(F)c2)C(CC)CN1. The number of nitrogens with zero attached hydrogens (tertiary/aromatic N) is 1. The lowest BCUT2D eigenvalue weighted by molar-refractivity contribution is 0.368. The summed E-state index contributed by atoms with van der Waals surface area (Å²) in [6.45, 7) is 5.95. The van der Waals surface area contributed by atoms with Crippen LogP contribution in [0.25, 0.3) is 0 Å². The van der Waals surface area contributed by atoms with E-state index in [4.69, 9.17) is 0 Å². The first kappa shape index (κ1) is 14.3. The molecule has 2 rings (SSSR count). The lowest BCUT2D eigenvalue weighted by atomic mass is 10.0. The van der Waals surface area contributed by atoms with Gasteiger partial charge in [0, 0.05) is 36.9 Å². The Morgan fingerprint density at radius 1 is 1.21 bits per heavy atom. The molecule has 0 bridgehead atoms. The van der Waals surface area contributed by atoms with Crippen LogP contribution >= 0.6 is 0 Å². The van der Waals surface area contributed by atoms with Crippen LogP contribution in [0.1, 0.15) is 33.1 Å². The second kappa shape index (κ2) is 6.33. The molecule has 0 radical (unpaired) electrons. The molecule has 1 aliphatic rings. The zero-order chi connectivity index (χ0) is 13.8. The Balaban J connectivity index is 2.21. The van der Waals surface area contributed by atoms with E-state index in [2.05, 4.69) is 24.1 Å². The van der Waals surface area contributed by atoms with Crippen molar-refractivity contribution in [3.05, 3.63) is 29.8 Å². The molecule has 2 nitrogen and oxygen atoms in total. The Kier molecular flexibility index (Phi) is 4.75. The Labute approximate surface area is 113 Å². The summed E-state index contributed by atoms with van der Waals surface area (Å²) in [4.78, 5) is 2.14. The van der Waals surface area contributed by atoms with Crippen LogP contribution in [0.15, 0.2) is 18.2 Å². The first-order chi connectivity index (χ1) is 9.13. The van der Waals surface area contributed by atoms with Gasteiger partial charge in [0.25, 0.3) is 0 Å². The molecule has 1 heterocycles. The summed E-state index contributed by atoms with van der Waals surface area (Å²) in [6, 6.07) is 4.49. The topological polar surface area (TPSA) is 15.3 Å². The lowest BCUT2D eigenvalue weighted by Crippen LogP contribution is -2.56. The van der Waals surface area contributed by atoms with E-state index >= 15 is 0 Å². The minimum Gasteiger partial charge on any atom is -0.366 e. The second-order valence-electron chi connectivity index (χ2n) is 5.24. The van der Waals surface area contributed by atoms with Crippen molar-refractivity contribution in [1.29, 1.82) is 0 Å². The van der Waals surface area contributed by atoms with Gasteiger partial charge >= 0.3 is 0 Å². The van der Waals surface area contributed by atoms with Crippen LogP contribution in [0.5, 0.6) is 0 Å². The summed E-state index contributed by atoms with van der Waals surface area (Å²) >= 11 is 0. The fraction of sp³-hybridized carbons (Fsp3) is 0.600. The van der Waals surface area contributed by atoms with Gasteiger partial charge in [-0.1, -0.05) is 20.3 Å². The molecule has 0 saturated carbocycles. The third-order valence-electron chi connectivity index (χ3n) is 3.79. The van der Waals surface area contributed by atoms with Crippen LogP contribution in [0.4, 0.5) is 14.5 Å². The third kappa shape index (κ3) is 3.44. The summed E-state index contributed by atoms with van der Waals surface area (Å²) in [5.74, 6) is -1.01. The van der Waals surface area contributed by atoms with Crippen LogP contribution in [0.3, 0.4) is 0 Å². The van der Waals surface area contributed by atoms with Crippen molar-refractivity contribution in [2.24, 2.45) is 0 Å². The minimum atomic E-state index is -0.504. The van der Waals surface area contributed by atoms with E-state index in [1.54, 1.807) is 0 Å². The number of benzene rings is 1. The van der Waals surface area contributed by atoms with Gasteiger partial charge in [-0.3, -0.25) is 0 Å². The zero-order valence-corrected chi connectivity index (χ0v) is 11.6. The molecule has 0 aromatic heterocycles. The highest BCUT2D eigenvalue weighted by Gasteiger charge is 2.26. The third-order valence-corrected chi connectivity index (χ3v) is 3.79. The fourth-order valence-corrected chi connectivity index (χ4v) is 2.79. The average molecular weight is 268 g/mol. The molecule has 2 atom stereocenters. The highest BCUT2D eigenvalue weighted by atomic mass is 19.1. The highest BCUT2D eigenvalue weighted by molar-refractivity contribution is 5.49. The summed E-state index contributed by atoms with van der Waals surface area (Å²) in [6.07, 6.45) is 3.16. The molecule has 4 heteroatoms. The number of halogens is 2. The minimum absolute atomic E-state index is 0.300. The van der Waals surface area contributed by atoms with Crippen molar-refractivity contribution in [2.45, 2.75) is 45.2 Å². The average Bonchev–Trinajstić information content (AvgIpc) is 2.38. The van der Waals surface area contributed by atoms with E-state index < -0.39 is 11.6 Å². The summed E-state index contributed by atoms with van der Waals surface area (Å²) in [5.41, 5.74) is 0.659. The van der Waals surface area contributed by atoms with Gasteiger partial charge < -0.3 is 10.2 Å². The number of hydrogen-bond acceptors (Lipinski definition) is 2. The molecular weight excluding hydrogens is 246 g/mol. The Morgan fingerprint density at radius 3 is 2.47 bits per heavy atom. The molecule has 0 amide bonds. The maximum absolute atomic E-state index is 13.4. The fourth-order valence-electron chi connectivity index (χ4n) is 2.79. The summed E-state index contributed by atoms with van der Waals surface area (Å²) in [5, 5.41) is 3.52. The predicted molar refractivity (Wildman–Crippen MR) is 74.5 cm³/mol. The molecule has 2 unspecified atom stereocenters. The summed E-state index contributed by atoms with van der Waals surface area (Å²) in [7, 11) is 0. The van der Waals surface area contributed by atoms with E-state index in [0.29, 0.717) is 17.8 Å². The van der Waals surface area contributed by atoms with Crippen LogP contribution in [0.2, 0.25) is 0 Å². The number of piperazine rings is 1. The Morgan fingerprint density at radius 2 is 1.89 bits per heavy atom. The van der Waals surface area contributed by atoms with Crippen molar-refractivity contribution in [3.63, 3.8) is 0 Å². The second-order valence-corrected chi connectivity index (χ2v) is 5.24. The lowest BCUT2D eigenvalue weighted by Gasteiger charge is -2.41. The molecule has 1 aromatic carbocycles.